The van der Waals surface area contributed by atoms with Gasteiger partial charge in [-0.05, 0) is 38.5 Å². The Morgan fingerprint density at radius 1 is 0.446 bits per heavy atom. The summed E-state index contributed by atoms with van der Waals surface area (Å²) in [6.45, 7) is 4.92. The fourth-order valence-electron chi connectivity index (χ4n) is 10.3. The number of hydrogen-bond acceptors (Lipinski definition) is 5. The number of phosphoric acid groups is 1. The summed E-state index contributed by atoms with van der Waals surface area (Å²) >= 11 is 0. The van der Waals surface area contributed by atoms with Gasteiger partial charge in [0.25, 0.3) is 0 Å². The van der Waals surface area contributed by atoms with Crippen LogP contribution in [0.5, 0.6) is 0 Å². The molecule has 3 unspecified atom stereocenters. The Morgan fingerprint density at radius 2 is 0.730 bits per heavy atom. The molecule has 0 heterocycles. The monoisotopic (exact) mass is 1070 g/mol. The lowest BCUT2D eigenvalue weighted by Gasteiger charge is -2.26. The van der Waals surface area contributed by atoms with Gasteiger partial charge in [0.15, 0.2) is 0 Å². The SMILES string of the molecule is CCCCCCCCCC/C=C\CCCCCCCCCCCCCCCCCCCCCCCCCCCCCCCC(=O)NC(COP(=O)(O)OCC[N+](C)(C)C)C(O)CCCCCCCCCCCCC. The standard InChI is InChI=1S/C65H131N2O6P/c1-6-8-10-12-14-16-18-19-20-21-22-23-24-25-26-27-28-29-30-31-32-33-34-35-36-37-38-39-40-41-42-43-44-45-46-47-49-51-53-55-57-59-65(69)66-63(62-73-74(70,71)72-61-60-67(3,4)5)64(68)58-56-54-52-50-48-17-15-13-11-9-7-2/h21-22,63-64,68H,6-20,23-62H2,1-5H3,(H-,66,69,70,71)/p+1/b22-21-. The molecular formula is C65H132N2O6P+. The molecule has 0 saturated carbocycles. The number of allylic oxidation sites excluding steroid dienone is 2. The summed E-state index contributed by atoms with van der Waals surface area (Å²) in [5.74, 6) is -0.138. The van der Waals surface area contributed by atoms with E-state index in [0.29, 0.717) is 23.9 Å². The van der Waals surface area contributed by atoms with Crippen molar-refractivity contribution in [3.05, 3.63) is 12.2 Å². The lowest BCUT2D eigenvalue weighted by Crippen LogP contribution is -2.46. The number of rotatable bonds is 62. The minimum absolute atomic E-state index is 0.0782. The Balaban J connectivity index is 3.74. The van der Waals surface area contributed by atoms with Gasteiger partial charge >= 0.3 is 7.82 Å². The number of carbonyl (C=O) groups is 1. The van der Waals surface area contributed by atoms with Gasteiger partial charge in [0, 0.05) is 6.42 Å². The normalized spacial score (nSPS) is 13.8. The van der Waals surface area contributed by atoms with Crippen molar-refractivity contribution in [2.75, 3.05) is 40.9 Å². The second-order valence-corrected chi connectivity index (χ2v) is 25.7. The molecular weight excluding hydrogens is 936 g/mol. The zero-order valence-corrected chi connectivity index (χ0v) is 51.5. The van der Waals surface area contributed by atoms with Crippen molar-refractivity contribution in [2.45, 2.75) is 360 Å². The molecule has 0 aliphatic carbocycles. The number of carbonyl (C=O) groups excluding carboxylic acids is 1. The van der Waals surface area contributed by atoms with Gasteiger partial charge in [-0.15, -0.1) is 0 Å². The first-order valence-electron chi connectivity index (χ1n) is 33.1. The summed E-state index contributed by atoms with van der Waals surface area (Å²) < 4.78 is 23.7. The number of likely N-dealkylation sites (N-methyl/N-ethyl adjacent to an activating group) is 1. The molecule has 0 aliphatic heterocycles. The van der Waals surface area contributed by atoms with E-state index in [1.807, 2.05) is 21.1 Å². The molecule has 0 aromatic carbocycles. The fraction of sp³-hybridized carbons (Fsp3) is 0.954. The van der Waals surface area contributed by atoms with E-state index < -0.39 is 20.0 Å². The minimum atomic E-state index is -4.31. The number of hydrogen-bond donors (Lipinski definition) is 3. The van der Waals surface area contributed by atoms with Crippen LogP contribution in [0.15, 0.2) is 12.2 Å². The second kappa shape index (κ2) is 56.9. The smallest absolute Gasteiger partial charge is 0.391 e. The average Bonchev–Trinajstić information content (AvgIpc) is 3.36. The summed E-state index contributed by atoms with van der Waals surface area (Å²) in [5.41, 5.74) is 0. The van der Waals surface area contributed by atoms with Crippen LogP contribution in [-0.4, -0.2) is 73.4 Å². The molecule has 442 valence electrons. The molecule has 0 bridgehead atoms. The second-order valence-electron chi connectivity index (χ2n) is 24.2. The van der Waals surface area contributed by atoms with E-state index in [2.05, 4.69) is 31.3 Å². The molecule has 0 aliphatic rings. The highest BCUT2D eigenvalue weighted by Gasteiger charge is 2.28. The van der Waals surface area contributed by atoms with E-state index >= 15 is 0 Å². The first kappa shape index (κ1) is 73.2. The van der Waals surface area contributed by atoms with Gasteiger partial charge in [-0.2, -0.15) is 0 Å². The Bertz CT molecular complexity index is 1210. The number of amides is 1. The van der Waals surface area contributed by atoms with Crippen molar-refractivity contribution in [3.8, 4) is 0 Å². The molecule has 0 radical (unpaired) electrons. The number of quaternary nitrogens is 1. The Kier molecular flexibility index (Phi) is 56.4. The topological polar surface area (TPSA) is 105 Å². The summed E-state index contributed by atoms with van der Waals surface area (Å²) in [4.78, 5) is 23.3. The zero-order chi connectivity index (χ0) is 54.2. The molecule has 3 N–H and O–H groups in total. The number of unbranched alkanes of at least 4 members (excludes halogenated alkanes) is 47. The highest BCUT2D eigenvalue weighted by molar-refractivity contribution is 7.47. The van der Waals surface area contributed by atoms with Crippen molar-refractivity contribution < 1.29 is 32.9 Å². The minimum Gasteiger partial charge on any atom is -0.391 e. The lowest BCUT2D eigenvalue weighted by molar-refractivity contribution is -0.870. The number of aliphatic hydroxyl groups excluding tert-OH is 1. The molecule has 0 spiro atoms. The molecule has 1 amide bonds. The van der Waals surface area contributed by atoms with E-state index in [1.54, 1.807) is 0 Å². The van der Waals surface area contributed by atoms with Gasteiger partial charge in [0.2, 0.25) is 5.91 Å². The van der Waals surface area contributed by atoms with Crippen molar-refractivity contribution in [2.24, 2.45) is 0 Å². The molecule has 0 aromatic rings. The maximum Gasteiger partial charge on any atom is 0.472 e. The van der Waals surface area contributed by atoms with Crippen molar-refractivity contribution >= 4 is 13.7 Å². The van der Waals surface area contributed by atoms with Crippen LogP contribution in [0.3, 0.4) is 0 Å². The largest absolute Gasteiger partial charge is 0.472 e. The molecule has 8 nitrogen and oxygen atoms in total. The summed E-state index contributed by atoms with van der Waals surface area (Å²) in [6, 6.07) is -0.755. The lowest BCUT2D eigenvalue weighted by atomic mass is 10.0. The average molecular weight is 1070 g/mol. The van der Waals surface area contributed by atoms with Crippen LogP contribution in [0.25, 0.3) is 0 Å². The fourth-order valence-corrected chi connectivity index (χ4v) is 11.1. The molecule has 74 heavy (non-hydrogen) atoms. The highest BCUT2D eigenvalue weighted by Crippen LogP contribution is 2.43. The van der Waals surface area contributed by atoms with E-state index in [4.69, 9.17) is 9.05 Å². The predicted molar refractivity (Wildman–Crippen MR) is 323 cm³/mol. The zero-order valence-electron chi connectivity index (χ0n) is 50.6. The Labute approximate surface area is 462 Å². The third kappa shape index (κ3) is 58.9. The molecule has 0 aromatic heterocycles. The van der Waals surface area contributed by atoms with Crippen molar-refractivity contribution in [1.82, 2.24) is 5.32 Å². The van der Waals surface area contributed by atoms with Crippen LogP contribution in [0, 0.1) is 0 Å². The van der Waals surface area contributed by atoms with Gasteiger partial charge in [0.05, 0.1) is 39.9 Å². The molecule has 9 heteroatoms. The molecule has 0 saturated heterocycles. The van der Waals surface area contributed by atoms with E-state index in [9.17, 15) is 19.4 Å². The van der Waals surface area contributed by atoms with Crippen LogP contribution in [0.4, 0.5) is 0 Å². The quantitative estimate of drug-likeness (QED) is 0.0243. The first-order chi connectivity index (χ1) is 36.0. The summed E-state index contributed by atoms with van der Waals surface area (Å²) in [5, 5.41) is 14.0. The highest BCUT2D eigenvalue weighted by atomic mass is 31.2. The van der Waals surface area contributed by atoms with Crippen molar-refractivity contribution in [1.29, 1.82) is 0 Å². The number of nitrogens with one attached hydrogen (secondary N) is 1. The van der Waals surface area contributed by atoms with Gasteiger partial charge in [-0.3, -0.25) is 13.8 Å². The number of nitrogens with zero attached hydrogens (tertiary/aromatic N) is 1. The van der Waals surface area contributed by atoms with Gasteiger partial charge in [-0.1, -0.05) is 315 Å². The molecule has 0 fully saturated rings. The van der Waals surface area contributed by atoms with Crippen LogP contribution < -0.4 is 5.32 Å². The molecule has 0 rings (SSSR count). The predicted octanol–water partition coefficient (Wildman–Crippen LogP) is 20.6. The summed E-state index contributed by atoms with van der Waals surface area (Å²) in [7, 11) is 1.63. The number of phosphoric ester groups is 1. The first-order valence-corrected chi connectivity index (χ1v) is 34.5. The van der Waals surface area contributed by atoms with E-state index in [1.165, 1.54) is 283 Å². The Morgan fingerprint density at radius 3 is 1.04 bits per heavy atom. The van der Waals surface area contributed by atoms with Gasteiger partial charge in [-0.25, -0.2) is 4.57 Å². The van der Waals surface area contributed by atoms with Crippen LogP contribution >= 0.6 is 7.82 Å². The van der Waals surface area contributed by atoms with E-state index in [0.717, 1.165) is 38.5 Å². The van der Waals surface area contributed by atoms with Gasteiger partial charge < -0.3 is 19.8 Å². The van der Waals surface area contributed by atoms with Crippen LogP contribution in [0.1, 0.15) is 348 Å². The Hall–Kier alpha value is -0.760. The van der Waals surface area contributed by atoms with Crippen LogP contribution in [0.2, 0.25) is 0 Å². The van der Waals surface area contributed by atoms with Crippen molar-refractivity contribution in [3.63, 3.8) is 0 Å². The molecule has 3 atom stereocenters. The van der Waals surface area contributed by atoms with E-state index in [-0.39, 0.29) is 19.1 Å². The number of aliphatic hydroxyl groups is 1. The maximum atomic E-state index is 13.0. The van der Waals surface area contributed by atoms with Gasteiger partial charge in [0.1, 0.15) is 13.2 Å². The summed E-state index contributed by atoms with van der Waals surface area (Å²) in [6.07, 6.45) is 71.9. The third-order valence-electron chi connectivity index (χ3n) is 15.5. The third-order valence-corrected chi connectivity index (χ3v) is 16.5. The maximum absolute atomic E-state index is 13.0. The van der Waals surface area contributed by atoms with Crippen LogP contribution in [-0.2, 0) is 18.4 Å².